The van der Waals surface area contributed by atoms with Gasteiger partial charge in [-0.05, 0) is 44.0 Å². The van der Waals surface area contributed by atoms with Gasteiger partial charge in [0.15, 0.2) is 0 Å². The van der Waals surface area contributed by atoms with Crippen molar-refractivity contribution in [3.05, 3.63) is 24.0 Å². The van der Waals surface area contributed by atoms with Crippen molar-refractivity contribution in [1.29, 1.82) is 0 Å². The second kappa shape index (κ2) is 5.02. The van der Waals surface area contributed by atoms with Crippen LogP contribution in [-0.4, -0.2) is 29.1 Å². The quantitative estimate of drug-likeness (QED) is 0.844. The minimum atomic E-state index is 0.396. The summed E-state index contributed by atoms with van der Waals surface area (Å²) in [5, 5.41) is 0. The molecule has 0 spiro atoms. The Morgan fingerprint density at radius 1 is 1.44 bits per heavy atom. The van der Waals surface area contributed by atoms with Crippen LogP contribution in [0.25, 0.3) is 0 Å². The number of nitrogens with zero attached hydrogens (tertiary/aromatic N) is 2. The molecule has 2 rings (SSSR count). The highest BCUT2D eigenvalue weighted by atomic mass is 15.2. The molecular formula is C13H23N3. The molecule has 0 aliphatic carbocycles. The van der Waals surface area contributed by atoms with E-state index in [2.05, 4.69) is 41.8 Å². The van der Waals surface area contributed by atoms with Crippen molar-refractivity contribution in [2.45, 2.75) is 25.8 Å². The fraction of sp³-hybridized carbons (Fsp3) is 0.692. The van der Waals surface area contributed by atoms with Crippen LogP contribution in [0.4, 0.5) is 0 Å². The molecular weight excluding hydrogens is 198 g/mol. The van der Waals surface area contributed by atoms with E-state index in [0.29, 0.717) is 12.6 Å². The first kappa shape index (κ1) is 11.7. The summed E-state index contributed by atoms with van der Waals surface area (Å²) in [4.78, 5) is 2.54. The third kappa shape index (κ3) is 2.30. The fourth-order valence-corrected chi connectivity index (χ4v) is 2.62. The lowest BCUT2D eigenvalue weighted by atomic mass is 9.97. The highest BCUT2D eigenvalue weighted by Crippen LogP contribution is 2.25. The molecule has 16 heavy (non-hydrogen) atoms. The summed E-state index contributed by atoms with van der Waals surface area (Å²) in [6, 6.07) is 4.69. The number of likely N-dealkylation sites (tertiary alicyclic amines) is 1. The van der Waals surface area contributed by atoms with Gasteiger partial charge >= 0.3 is 0 Å². The first-order valence-electron chi connectivity index (χ1n) is 6.27. The fourth-order valence-electron chi connectivity index (χ4n) is 2.62. The number of nitrogens with two attached hydrogens (primary N) is 1. The Morgan fingerprint density at radius 2 is 2.12 bits per heavy atom. The molecule has 0 aromatic carbocycles. The maximum absolute atomic E-state index is 5.94. The lowest BCUT2D eigenvalue weighted by Gasteiger charge is -2.36. The maximum atomic E-state index is 5.94. The predicted octanol–water partition coefficient (Wildman–Crippen LogP) is 1.76. The van der Waals surface area contributed by atoms with E-state index in [-0.39, 0.29) is 0 Å². The molecule has 0 bridgehead atoms. The minimum Gasteiger partial charge on any atom is -0.353 e. The zero-order chi connectivity index (χ0) is 11.5. The molecule has 2 heterocycles. The van der Waals surface area contributed by atoms with Gasteiger partial charge in [0, 0.05) is 25.5 Å². The van der Waals surface area contributed by atoms with Gasteiger partial charge in [-0.25, -0.2) is 0 Å². The van der Waals surface area contributed by atoms with Crippen LogP contribution in [0, 0.1) is 5.92 Å². The van der Waals surface area contributed by atoms with E-state index in [1.807, 2.05) is 0 Å². The molecule has 1 aromatic heterocycles. The molecule has 1 saturated heterocycles. The summed E-state index contributed by atoms with van der Waals surface area (Å²) < 4.78 is 2.19. The SMILES string of the molecule is CC1CCN(C(CN)c2cccn2C)CC1. The van der Waals surface area contributed by atoms with Gasteiger partial charge in [-0.15, -0.1) is 0 Å². The number of hydrogen-bond acceptors (Lipinski definition) is 2. The smallest absolute Gasteiger partial charge is 0.0624 e. The summed E-state index contributed by atoms with van der Waals surface area (Å²) in [6.45, 7) is 5.44. The van der Waals surface area contributed by atoms with Crippen LogP contribution in [0.2, 0.25) is 0 Å². The van der Waals surface area contributed by atoms with Crippen molar-refractivity contribution in [2.24, 2.45) is 18.7 Å². The monoisotopic (exact) mass is 221 g/mol. The molecule has 1 atom stereocenters. The molecule has 3 heteroatoms. The van der Waals surface area contributed by atoms with Crippen LogP contribution in [0.15, 0.2) is 18.3 Å². The number of rotatable bonds is 3. The van der Waals surface area contributed by atoms with Crippen LogP contribution in [0.3, 0.4) is 0 Å². The Bertz CT molecular complexity index is 324. The first-order valence-corrected chi connectivity index (χ1v) is 6.27. The van der Waals surface area contributed by atoms with Gasteiger partial charge < -0.3 is 10.3 Å². The Labute approximate surface area is 98.2 Å². The van der Waals surface area contributed by atoms with Gasteiger partial charge in [0.05, 0.1) is 6.04 Å². The van der Waals surface area contributed by atoms with Gasteiger partial charge in [-0.2, -0.15) is 0 Å². The van der Waals surface area contributed by atoms with Gasteiger partial charge in [-0.1, -0.05) is 6.92 Å². The second-order valence-electron chi connectivity index (χ2n) is 5.01. The molecule has 1 aliphatic rings. The predicted molar refractivity (Wildman–Crippen MR) is 67.2 cm³/mol. The summed E-state index contributed by atoms with van der Waals surface area (Å²) in [5.41, 5.74) is 7.29. The summed E-state index contributed by atoms with van der Waals surface area (Å²) in [7, 11) is 2.10. The van der Waals surface area contributed by atoms with Crippen molar-refractivity contribution in [3.63, 3.8) is 0 Å². The summed E-state index contributed by atoms with van der Waals surface area (Å²) in [5.74, 6) is 0.878. The van der Waals surface area contributed by atoms with E-state index >= 15 is 0 Å². The number of aromatic nitrogens is 1. The highest BCUT2D eigenvalue weighted by Gasteiger charge is 2.24. The molecule has 2 N–H and O–H groups in total. The Kier molecular flexibility index (Phi) is 3.66. The van der Waals surface area contributed by atoms with Crippen molar-refractivity contribution in [2.75, 3.05) is 19.6 Å². The van der Waals surface area contributed by atoms with E-state index in [4.69, 9.17) is 5.73 Å². The number of piperidine rings is 1. The molecule has 0 radical (unpaired) electrons. The van der Waals surface area contributed by atoms with Crippen molar-refractivity contribution < 1.29 is 0 Å². The molecule has 1 aliphatic heterocycles. The largest absolute Gasteiger partial charge is 0.353 e. The van der Waals surface area contributed by atoms with Crippen molar-refractivity contribution >= 4 is 0 Å². The molecule has 0 saturated carbocycles. The minimum absolute atomic E-state index is 0.396. The number of hydrogen-bond donors (Lipinski definition) is 1. The average Bonchev–Trinajstić information content (AvgIpc) is 2.69. The molecule has 0 amide bonds. The zero-order valence-corrected chi connectivity index (χ0v) is 10.4. The lowest BCUT2D eigenvalue weighted by molar-refractivity contribution is 0.137. The lowest BCUT2D eigenvalue weighted by Crippen LogP contribution is -2.40. The Hall–Kier alpha value is -0.800. The van der Waals surface area contributed by atoms with Gasteiger partial charge in [0.25, 0.3) is 0 Å². The van der Waals surface area contributed by atoms with E-state index in [1.54, 1.807) is 0 Å². The molecule has 90 valence electrons. The van der Waals surface area contributed by atoms with Crippen molar-refractivity contribution in [3.8, 4) is 0 Å². The van der Waals surface area contributed by atoms with Crippen LogP contribution < -0.4 is 5.73 Å². The molecule has 3 nitrogen and oxygen atoms in total. The third-order valence-electron chi connectivity index (χ3n) is 3.81. The van der Waals surface area contributed by atoms with Crippen LogP contribution in [0.1, 0.15) is 31.5 Å². The standard InChI is InChI=1S/C13H23N3/c1-11-5-8-16(9-6-11)13(10-14)12-4-3-7-15(12)2/h3-4,7,11,13H,5-6,8-10,14H2,1-2H3. The highest BCUT2D eigenvalue weighted by molar-refractivity contribution is 5.12. The van der Waals surface area contributed by atoms with E-state index in [9.17, 15) is 0 Å². The normalized spacial score (nSPS) is 21.2. The molecule has 1 aromatic rings. The van der Waals surface area contributed by atoms with Gasteiger partial charge in [0.1, 0.15) is 0 Å². The third-order valence-corrected chi connectivity index (χ3v) is 3.81. The van der Waals surface area contributed by atoms with E-state index in [1.165, 1.54) is 31.6 Å². The zero-order valence-electron chi connectivity index (χ0n) is 10.4. The maximum Gasteiger partial charge on any atom is 0.0624 e. The number of aryl methyl sites for hydroxylation is 1. The molecule has 1 unspecified atom stereocenters. The van der Waals surface area contributed by atoms with Crippen LogP contribution >= 0.6 is 0 Å². The molecule has 1 fully saturated rings. The van der Waals surface area contributed by atoms with Gasteiger partial charge in [0.2, 0.25) is 0 Å². The summed E-state index contributed by atoms with van der Waals surface area (Å²) in [6.07, 6.45) is 4.71. The Balaban J connectivity index is 2.08. The topological polar surface area (TPSA) is 34.2 Å². The van der Waals surface area contributed by atoms with E-state index in [0.717, 1.165) is 5.92 Å². The van der Waals surface area contributed by atoms with Gasteiger partial charge in [-0.3, -0.25) is 4.90 Å². The first-order chi connectivity index (χ1) is 7.72. The summed E-state index contributed by atoms with van der Waals surface area (Å²) >= 11 is 0. The van der Waals surface area contributed by atoms with Crippen LogP contribution in [0.5, 0.6) is 0 Å². The Morgan fingerprint density at radius 3 is 2.62 bits per heavy atom. The van der Waals surface area contributed by atoms with E-state index < -0.39 is 0 Å². The van der Waals surface area contributed by atoms with Crippen LogP contribution in [-0.2, 0) is 7.05 Å². The second-order valence-corrected chi connectivity index (χ2v) is 5.01. The van der Waals surface area contributed by atoms with Crippen molar-refractivity contribution in [1.82, 2.24) is 9.47 Å². The average molecular weight is 221 g/mol.